The zero-order chi connectivity index (χ0) is 95.9. The number of hydrogen-bond acceptors (Lipinski definition) is 4. The normalized spacial score (nSPS) is 12.2. The van der Waals surface area contributed by atoms with Gasteiger partial charge in [-0.25, -0.2) is 4.98 Å². The van der Waals surface area contributed by atoms with E-state index in [-0.39, 0.29) is 0 Å². The lowest BCUT2D eigenvalue weighted by molar-refractivity contribution is 0.623. The predicted molar refractivity (Wildman–Crippen MR) is 614 cm³/mol. The highest BCUT2D eigenvalue weighted by atomic mass is 16.3. The summed E-state index contributed by atoms with van der Waals surface area (Å²) in [6.07, 6.45) is 0. The topological polar surface area (TPSA) is 81.4 Å². The van der Waals surface area contributed by atoms with Gasteiger partial charge in [-0.2, -0.15) is 0 Å². The molecule has 0 amide bonds. The molecule has 0 saturated heterocycles. The Morgan fingerprint density at radius 1 is 0.156 bits per heavy atom. The molecule has 0 bridgehead atoms. The molecule has 0 fully saturated rings. The first kappa shape index (κ1) is 80.9. The standard InChI is InChI=1S/2C46H28N2O.C45H25N3O/c1-2-13-32(14-3-1)47-41-24-22-29-11-4-5-16-34(29)46(41)39-27-38-35-17-6-8-19-40(35)48(42(38)28-43(39)47)33-15-10-12-30(25-33)31-21-23-37-36-18-7-9-20-44(36)49-45(37)26-31;1-2-13-32(14-3-1)47-41-23-21-29-11-4-5-16-34(29)46(41)39-27-37-35-17-6-8-19-40(35)48(42(37)28-43(39)47)33-15-10-12-30(25-33)31-22-24-45-38(26-31)36-18-7-9-20-44(36)49-45;1-2-9-28(10-3-1)45-46-35-23-20-27-18-17-26-19-21-29(25-34(26)40(27)44(35)49-45)47-38-16-8-13-32-30-11-4-6-14-36(30)48-37-15-7-5-12-31(37)33-22-24-39(47)42(41(32)38)43(33)48/h2*1-28H;1-25H. The average molecular weight is 1870 g/mol. The van der Waals surface area contributed by atoms with Crippen molar-refractivity contribution in [3.05, 3.63) is 491 Å². The number of furan rings is 2. The van der Waals surface area contributed by atoms with E-state index in [1.54, 1.807) is 0 Å². The smallest absolute Gasteiger partial charge is 0.227 e. The fourth-order valence-corrected chi connectivity index (χ4v) is 24.8. The van der Waals surface area contributed by atoms with Gasteiger partial charge in [0.1, 0.15) is 27.8 Å². The van der Waals surface area contributed by atoms with Gasteiger partial charge in [-0.1, -0.05) is 303 Å². The molecule has 682 valence electrons. The van der Waals surface area contributed by atoms with E-state index in [9.17, 15) is 0 Å². The Labute approximate surface area is 838 Å². The fraction of sp³-hybridized carbons (Fsp3) is 0. The monoisotopic (exact) mass is 1870 g/mol. The zero-order valence-electron chi connectivity index (χ0n) is 79.1. The van der Waals surface area contributed by atoms with Crippen molar-refractivity contribution in [2.24, 2.45) is 0 Å². The van der Waals surface area contributed by atoms with Crippen LogP contribution in [-0.2, 0) is 0 Å². The second-order valence-electron chi connectivity index (χ2n) is 39.0. The lowest BCUT2D eigenvalue weighted by atomic mass is 10.0. The van der Waals surface area contributed by atoms with E-state index in [1.807, 2.05) is 54.6 Å². The third-order valence-electron chi connectivity index (χ3n) is 31.2. The Morgan fingerprint density at radius 2 is 0.537 bits per heavy atom. The minimum Gasteiger partial charge on any atom is -0.456 e. The molecule has 10 heterocycles. The number of hydrogen-bond donors (Lipinski definition) is 0. The molecule has 10 aromatic heterocycles. The summed E-state index contributed by atoms with van der Waals surface area (Å²) in [7, 11) is 0. The number of fused-ring (bicyclic) bond motifs is 33. The molecular formula is C137H81N7O3. The SMILES string of the molecule is c1ccc(-c2nc3ccc4ccc5ccc(-n6c7cccc8c9ccccc9n9c%10ccccc%10c%10ccc6c(c87)c%109)cc5c4c3o2)cc1.c1ccc(-n2c3cc4c(cc3c3c5ccccc5ccc32)c2ccccc2n4-c2cccc(-c3ccc4c(c3)oc3ccccc34)c2)cc1.c1ccc(-n2c3cc4c(cc3c3c5ccccc5ccc32)c2ccccc2n4-c2cccc(-c3ccc4oc5ccccc5c4c3)c2)cc1. The number of aromatic nitrogens is 7. The fourth-order valence-electron chi connectivity index (χ4n) is 24.8. The highest BCUT2D eigenvalue weighted by Crippen LogP contribution is 2.51. The van der Waals surface area contributed by atoms with Gasteiger partial charge in [0, 0.05) is 131 Å². The molecule has 0 aliphatic heterocycles. The summed E-state index contributed by atoms with van der Waals surface area (Å²) in [6, 6.07) is 177. The van der Waals surface area contributed by atoms with E-state index < -0.39 is 0 Å². The second kappa shape index (κ2) is 31.3. The third-order valence-corrected chi connectivity index (χ3v) is 31.2. The molecule has 0 unspecified atom stereocenters. The molecule has 0 aliphatic rings. The lowest BCUT2D eigenvalue weighted by Crippen LogP contribution is -1.96. The van der Waals surface area contributed by atoms with E-state index in [4.69, 9.17) is 18.2 Å². The van der Waals surface area contributed by atoms with Gasteiger partial charge in [-0.3, -0.25) is 0 Å². The van der Waals surface area contributed by atoms with Crippen LogP contribution in [0.3, 0.4) is 0 Å². The van der Waals surface area contributed by atoms with Crippen LogP contribution in [-0.4, -0.2) is 32.2 Å². The van der Waals surface area contributed by atoms with Gasteiger partial charge in [0.2, 0.25) is 5.89 Å². The van der Waals surface area contributed by atoms with Crippen molar-refractivity contribution in [1.29, 1.82) is 0 Å². The van der Waals surface area contributed by atoms with E-state index >= 15 is 0 Å². The van der Waals surface area contributed by atoms with Crippen molar-refractivity contribution >= 4 is 245 Å². The van der Waals surface area contributed by atoms with Gasteiger partial charge < -0.3 is 40.5 Å². The summed E-state index contributed by atoms with van der Waals surface area (Å²) in [5.74, 6) is 0.639. The molecule has 34 aromatic rings. The summed E-state index contributed by atoms with van der Waals surface area (Å²) in [4.78, 5) is 4.91. The Morgan fingerprint density at radius 3 is 1.16 bits per heavy atom. The molecule has 0 spiro atoms. The molecule has 0 aliphatic carbocycles. The van der Waals surface area contributed by atoms with Crippen LogP contribution in [0, 0.1) is 0 Å². The molecule has 0 saturated carbocycles. The molecule has 24 aromatic carbocycles. The first-order valence-corrected chi connectivity index (χ1v) is 50.3. The van der Waals surface area contributed by atoms with Crippen LogP contribution in [0.5, 0.6) is 0 Å². The highest BCUT2D eigenvalue weighted by molar-refractivity contribution is 6.34. The Balaban J connectivity index is 0.0000000980. The molecule has 0 N–H and O–H groups in total. The van der Waals surface area contributed by atoms with E-state index in [2.05, 4.69) is 464 Å². The van der Waals surface area contributed by atoms with E-state index in [1.165, 1.54) is 185 Å². The third kappa shape index (κ3) is 12.0. The first-order valence-electron chi connectivity index (χ1n) is 50.3. The van der Waals surface area contributed by atoms with Crippen LogP contribution in [0.2, 0.25) is 0 Å². The first-order chi connectivity index (χ1) is 72.9. The van der Waals surface area contributed by atoms with Gasteiger partial charge in [0.25, 0.3) is 0 Å². The van der Waals surface area contributed by atoms with Gasteiger partial charge in [-0.15, -0.1) is 0 Å². The number of benzene rings is 24. The van der Waals surface area contributed by atoms with Crippen LogP contribution in [0.25, 0.3) is 307 Å². The van der Waals surface area contributed by atoms with Gasteiger partial charge in [0.05, 0.1) is 71.7 Å². The van der Waals surface area contributed by atoms with Crippen molar-refractivity contribution in [2.45, 2.75) is 0 Å². The number of rotatable bonds is 8. The quantitative estimate of drug-likeness (QED) is 0.142. The molecule has 10 heteroatoms. The van der Waals surface area contributed by atoms with Crippen molar-refractivity contribution < 1.29 is 13.3 Å². The number of para-hydroxylation sites is 8. The minimum atomic E-state index is 0.639. The molecule has 147 heavy (non-hydrogen) atoms. The maximum Gasteiger partial charge on any atom is 0.227 e. The molecule has 0 atom stereocenters. The highest BCUT2D eigenvalue weighted by Gasteiger charge is 2.28. The average Bonchev–Trinajstić information content (AvgIpc) is 1.52. The molecular weight excluding hydrogens is 1790 g/mol. The Hall–Kier alpha value is -19.8. The summed E-state index contributed by atoms with van der Waals surface area (Å²) in [6.45, 7) is 0. The summed E-state index contributed by atoms with van der Waals surface area (Å²) in [5.41, 5.74) is 32.3. The van der Waals surface area contributed by atoms with Gasteiger partial charge >= 0.3 is 0 Å². The molecule has 34 rings (SSSR count). The largest absolute Gasteiger partial charge is 0.456 e. The van der Waals surface area contributed by atoms with Gasteiger partial charge in [0.15, 0.2) is 5.58 Å². The summed E-state index contributed by atoms with van der Waals surface area (Å²) < 4.78 is 33.6. The van der Waals surface area contributed by atoms with Crippen LogP contribution in [0.1, 0.15) is 0 Å². The Kier molecular flexibility index (Phi) is 17.3. The van der Waals surface area contributed by atoms with Crippen molar-refractivity contribution in [3.8, 4) is 62.1 Å². The maximum absolute atomic E-state index is 6.57. The van der Waals surface area contributed by atoms with Crippen LogP contribution < -0.4 is 0 Å². The maximum atomic E-state index is 6.57. The van der Waals surface area contributed by atoms with E-state index in [0.717, 1.165) is 116 Å². The van der Waals surface area contributed by atoms with Gasteiger partial charge in [-0.05, 0) is 253 Å². The van der Waals surface area contributed by atoms with Crippen molar-refractivity contribution in [2.75, 3.05) is 0 Å². The van der Waals surface area contributed by atoms with Crippen molar-refractivity contribution in [3.63, 3.8) is 0 Å². The van der Waals surface area contributed by atoms with E-state index in [0.29, 0.717) is 5.89 Å². The Bertz CT molecular complexity index is 11600. The summed E-state index contributed by atoms with van der Waals surface area (Å²) in [5, 5.41) is 31.9. The number of nitrogens with zero attached hydrogens (tertiary/aromatic N) is 7. The van der Waals surface area contributed by atoms with Crippen LogP contribution in [0.15, 0.2) is 505 Å². The van der Waals surface area contributed by atoms with Crippen LogP contribution in [0.4, 0.5) is 0 Å². The second-order valence-corrected chi connectivity index (χ2v) is 39.0. The summed E-state index contributed by atoms with van der Waals surface area (Å²) >= 11 is 0. The zero-order valence-corrected chi connectivity index (χ0v) is 79.1. The van der Waals surface area contributed by atoms with Crippen LogP contribution >= 0.6 is 0 Å². The number of oxazole rings is 1. The predicted octanol–water partition coefficient (Wildman–Crippen LogP) is 37.2. The lowest BCUT2D eigenvalue weighted by Gasteiger charge is -2.12. The molecule has 0 radical (unpaired) electrons. The molecule has 10 nitrogen and oxygen atoms in total. The minimum absolute atomic E-state index is 0.639. The van der Waals surface area contributed by atoms with Crippen molar-refractivity contribution in [1.82, 2.24) is 32.2 Å².